The van der Waals surface area contributed by atoms with Gasteiger partial charge in [-0.2, -0.15) is 5.26 Å². The number of nitrogens with zero attached hydrogens (tertiary/aromatic N) is 2. The second-order valence-electron chi connectivity index (χ2n) is 5.23. The summed E-state index contributed by atoms with van der Waals surface area (Å²) in [4.78, 5) is 14.6. The van der Waals surface area contributed by atoms with E-state index in [2.05, 4.69) is 29.4 Å². The Morgan fingerprint density at radius 1 is 1.41 bits per heavy atom. The SMILES string of the molecule is C=C1NC(c2cc(-c3cccc(C#N)c3)cs2)CC(=O)N1C. The zero-order valence-corrected chi connectivity index (χ0v) is 13.0. The molecule has 1 aromatic heterocycles. The number of nitriles is 1. The Labute approximate surface area is 133 Å². The van der Waals surface area contributed by atoms with Gasteiger partial charge in [0.05, 0.1) is 24.1 Å². The van der Waals surface area contributed by atoms with Gasteiger partial charge in [-0.1, -0.05) is 18.7 Å². The van der Waals surface area contributed by atoms with Crippen molar-refractivity contribution in [3.8, 4) is 17.2 Å². The second-order valence-corrected chi connectivity index (χ2v) is 6.17. The predicted octanol–water partition coefficient (Wildman–Crippen LogP) is 3.25. The van der Waals surface area contributed by atoms with Gasteiger partial charge in [-0.25, -0.2) is 0 Å². The van der Waals surface area contributed by atoms with Crippen LogP contribution in [-0.4, -0.2) is 17.9 Å². The molecule has 110 valence electrons. The molecule has 4 nitrogen and oxygen atoms in total. The van der Waals surface area contributed by atoms with E-state index in [9.17, 15) is 4.79 Å². The van der Waals surface area contributed by atoms with E-state index in [1.54, 1.807) is 29.4 Å². The summed E-state index contributed by atoms with van der Waals surface area (Å²) in [7, 11) is 1.72. The average Bonchev–Trinajstić information content (AvgIpc) is 3.02. The fraction of sp³-hybridized carbons (Fsp3) is 0.176. The maximum Gasteiger partial charge on any atom is 0.230 e. The highest BCUT2D eigenvalue weighted by molar-refractivity contribution is 7.10. The van der Waals surface area contributed by atoms with Crippen LogP contribution in [0.5, 0.6) is 0 Å². The molecule has 1 aliphatic rings. The molecule has 2 aromatic rings. The van der Waals surface area contributed by atoms with Crippen LogP contribution in [0.25, 0.3) is 11.1 Å². The summed E-state index contributed by atoms with van der Waals surface area (Å²) in [5.41, 5.74) is 2.72. The Morgan fingerprint density at radius 3 is 2.95 bits per heavy atom. The smallest absolute Gasteiger partial charge is 0.230 e. The summed E-state index contributed by atoms with van der Waals surface area (Å²) in [6, 6.07) is 11.7. The number of amides is 1. The van der Waals surface area contributed by atoms with Crippen molar-refractivity contribution >= 4 is 17.2 Å². The normalized spacial score (nSPS) is 18.0. The van der Waals surface area contributed by atoms with E-state index < -0.39 is 0 Å². The highest BCUT2D eigenvalue weighted by atomic mass is 32.1. The Kier molecular flexibility index (Phi) is 3.70. The van der Waals surface area contributed by atoms with Crippen molar-refractivity contribution in [2.45, 2.75) is 12.5 Å². The van der Waals surface area contributed by atoms with E-state index in [-0.39, 0.29) is 11.9 Å². The molecule has 1 unspecified atom stereocenters. The van der Waals surface area contributed by atoms with Crippen LogP contribution in [0.3, 0.4) is 0 Å². The predicted molar refractivity (Wildman–Crippen MR) is 86.9 cm³/mol. The highest BCUT2D eigenvalue weighted by Crippen LogP contribution is 2.33. The fourth-order valence-corrected chi connectivity index (χ4v) is 3.41. The van der Waals surface area contributed by atoms with E-state index in [1.165, 1.54) is 0 Å². The topological polar surface area (TPSA) is 56.1 Å². The molecule has 1 amide bonds. The van der Waals surface area contributed by atoms with E-state index in [0.29, 0.717) is 17.8 Å². The van der Waals surface area contributed by atoms with Gasteiger partial charge in [-0.15, -0.1) is 11.3 Å². The Hall–Kier alpha value is -2.58. The zero-order chi connectivity index (χ0) is 15.7. The molecule has 0 aliphatic carbocycles. The van der Waals surface area contributed by atoms with E-state index >= 15 is 0 Å². The van der Waals surface area contributed by atoms with Crippen molar-refractivity contribution < 1.29 is 4.79 Å². The average molecular weight is 309 g/mol. The summed E-state index contributed by atoms with van der Waals surface area (Å²) in [6.07, 6.45) is 0.424. The van der Waals surface area contributed by atoms with Gasteiger partial charge in [-0.3, -0.25) is 4.79 Å². The van der Waals surface area contributed by atoms with Gasteiger partial charge in [-0.05, 0) is 34.7 Å². The molecular formula is C17H15N3OS. The molecule has 0 saturated carbocycles. The second kappa shape index (κ2) is 5.66. The van der Waals surface area contributed by atoms with Crippen LogP contribution in [0.4, 0.5) is 0 Å². The largest absolute Gasteiger partial charge is 0.364 e. The number of hydrogen-bond donors (Lipinski definition) is 1. The van der Waals surface area contributed by atoms with E-state index in [0.717, 1.165) is 16.0 Å². The molecule has 1 atom stereocenters. The van der Waals surface area contributed by atoms with Crippen LogP contribution in [0.2, 0.25) is 0 Å². The van der Waals surface area contributed by atoms with Gasteiger partial charge >= 0.3 is 0 Å². The first-order valence-corrected chi connectivity index (χ1v) is 7.77. The standard InChI is InChI=1S/C17H15N3OS/c1-11-19-15(8-17(21)20(11)2)16-7-14(10-22-16)13-5-3-4-12(6-13)9-18/h3-7,10,15,19H,1,8H2,2H3. The number of hydrogen-bond acceptors (Lipinski definition) is 4. The molecule has 3 rings (SSSR count). The lowest BCUT2D eigenvalue weighted by Crippen LogP contribution is -2.42. The Balaban J connectivity index is 1.86. The van der Waals surface area contributed by atoms with Crippen LogP contribution in [0.15, 0.2) is 48.1 Å². The minimum absolute atomic E-state index is 0.0332. The first kappa shape index (κ1) is 14.4. The molecule has 1 saturated heterocycles. The molecule has 2 heterocycles. The van der Waals surface area contributed by atoms with Crippen LogP contribution in [0, 0.1) is 11.3 Å². The molecule has 0 radical (unpaired) electrons. The molecule has 1 aromatic carbocycles. The lowest BCUT2D eigenvalue weighted by Gasteiger charge is -2.32. The molecule has 0 spiro atoms. The highest BCUT2D eigenvalue weighted by Gasteiger charge is 2.27. The number of nitrogens with one attached hydrogen (secondary N) is 1. The van der Waals surface area contributed by atoms with Crippen LogP contribution >= 0.6 is 11.3 Å². The first-order valence-electron chi connectivity index (χ1n) is 6.89. The third kappa shape index (κ3) is 2.61. The van der Waals surface area contributed by atoms with Crippen LogP contribution in [-0.2, 0) is 4.79 Å². The molecule has 1 aliphatic heterocycles. The molecule has 1 N–H and O–H groups in total. The van der Waals surface area contributed by atoms with E-state index in [1.807, 2.05) is 18.2 Å². The lowest BCUT2D eigenvalue weighted by molar-refractivity contribution is -0.130. The third-order valence-electron chi connectivity index (χ3n) is 3.79. The van der Waals surface area contributed by atoms with Crippen LogP contribution in [0.1, 0.15) is 22.9 Å². The summed E-state index contributed by atoms with van der Waals surface area (Å²) in [5.74, 6) is 0.692. The Morgan fingerprint density at radius 2 is 2.23 bits per heavy atom. The number of thiophene rings is 1. The van der Waals surface area contributed by atoms with Crippen molar-refractivity contribution in [3.05, 3.63) is 58.6 Å². The van der Waals surface area contributed by atoms with Gasteiger partial charge in [0, 0.05) is 11.9 Å². The number of rotatable bonds is 2. The Bertz CT molecular complexity index is 769. The molecule has 0 bridgehead atoms. The lowest BCUT2D eigenvalue weighted by atomic mass is 10.0. The van der Waals surface area contributed by atoms with Crippen molar-refractivity contribution in [1.82, 2.24) is 10.2 Å². The first-order chi connectivity index (χ1) is 10.6. The summed E-state index contributed by atoms with van der Waals surface area (Å²) in [6.45, 7) is 3.87. The summed E-state index contributed by atoms with van der Waals surface area (Å²) < 4.78 is 0. The maximum absolute atomic E-state index is 11.9. The van der Waals surface area contributed by atoms with E-state index in [4.69, 9.17) is 5.26 Å². The maximum atomic E-state index is 11.9. The molecule has 1 fully saturated rings. The number of carbonyl (C=O) groups excluding carboxylic acids is 1. The summed E-state index contributed by atoms with van der Waals surface area (Å²) >= 11 is 1.61. The zero-order valence-electron chi connectivity index (χ0n) is 12.2. The van der Waals surface area contributed by atoms with Gasteiger partial charge in [0.15, 0.2) is 0 Å². The monoisotopic (exact) mass is 309 g/mol. The number of carbonyl (C=O) groups is 1. The number of benzene rings is 1. The van der Waals surface area contributed by atoms with Gasteiger partial charge in [0.2, 0.25) is 5.91 Å². The minimum atomic E-state index is -0.0332. The molecule has 22 heavy (non-hydrogen) atoms. The minimum Gasteiger partial charge on any atom is -0.364 e. The summed E-state index contributed by atoms with van der Waals surface area (Å²) in [5, 5.41) is 14.3. The fourth-order valence-electron chi connectivity index (χ4n) is 2.44. The van der Waals surface area contributed by atoms with Crippen molar-refractivity contribution in [1.29, 1.82) is 5.26 Å². The third-order valence-corrected chi connectivity index (χ3v) is 4.83. The van der Waals surface area contributed by atoms with Crippen molar-refractivity contribution in [2.75, 3.05) is 7.05 Å². The van der Waals surface area contributed by atoms with Gasteiger partial charge < -0.3 is 10.2 Å². The quantitative estimate of drug-likeness (QED) is 0.926. The van der Waals surface area contributed by atoms with Crippen LogP contribution < -0.4 is 5.32 Å². The molecule has 5 heteroatoms. The molecular weight excluding hydrogens is 294 g/mol. The van der Waals surface area contributed by atoms with Gasteiger partial charge in [0.25, 0.3) is 0 Å². The van der Waals surface area contributed by atoms with Crippen molar-refractivity contribution in [2.24, 2.45) is 0 Å². The van der Waals surface area contributed by atoms with Crippen molar-refractivity contribution in [3.63, 3.8) is 0 Å². The van der Waals surface area contributed by atoms with Gasteiger partial charge in [0.1, 0.15) is 5.82 Å².